The lowest BCUT2D eigenvalue weighted by molar-refractivity contribution is 0.0302. The summed E-state index contributed by atoms with van der Waals surface area (Å²) in [5.74, 6) is 1.02. The number of fused-ring (bicyclic) bond motifs is 1. The molecule has 1 N–H and O–H groups in total. The molecule has 0 amide bonds. The van der Waals surface area contributed by atoms with Gasteiger partial charge >= 0.3 is 0 Å². The van der Waals surface area contributed by atoms with Gasteiger partial charge in [-0.3, -0.25) is 0 Å². The third-order valence-corrected chi connectivity index (χ3v) is 20.3. The average molecular weight is 561 g/mol. The van der Waals surface area contributed by atoms with Gasteiger partial charge in [-0.15, -0.1) is 0 Å². The summed E-state index contributed by atoms with van der Waals surface area (Å²) < 4.78 is 14.0. The van der Waals surface area contributed by atoms with Crippen LogP contribution in [-0.4, -0.2) is 40.1 Å². The third-order valence-electron chi connectivity index (χ3n) is 11.4. The molecule has 3 aliphatic carbocycles. The Labute approximate surface area is 237 Å². The Bertz CT molecular complexity index is 889. The predicted octanol–water partition coefficient (Wildman–Crippen LogP) is 9.57. The average Bonchev–Trinajstić information content (AvgIpc) is 3.11. The first-order valence-corrected chi connectivity index (χ1v) is 21.1. The fourth-order valence-electron chi connectivity index (χ4n) is 6.76. The second-order valence-corrected chi connectivity index (χ2v) is 25.6. The molecule has 3 saturated carbocycles. The van der Waals surface area contributed by atoms with Crippen LogP contribution in [0.5, 0.6) is 0 Å². The molecule has 0 aromatic carbocycles. The maximum atomic E-state index is 10.5. The van der Waals surface area contributed by atoms with Crippen LogP contribution in [0.3, 0.4) is 0 Å². The Morgan fingerprint density at radius 1 is 0.921 bits per heavy atom. The van der Waals surface area contributed by atoms with E-state index in [9.17, 15) is 5.11 Å². The van der Waals surface area contributed by atoms with Crippen LogP contribution in [0, 0.1) is 17.3 Å². The van der Waals surface area contributed by atoms with E-state index in [-0.39, 0.29) is 33.8 Å². The topological polar surface area (TPSA) is 38.7 Å². The van der Waals surface area contributed by atoms with Gasteiger partial charge < -0.3 is 14.0 Å². The molecule has 0 aromatic heterocycles. The van der Waals surface area contributed by atoms with Crippen LogP contribution in [0.1, 0.15) is 100 Å². The molecule has 5 heteroatoms. The van der Waals surface area contributed by atoms with Crippen molar-refractivity contribution in [3.05, 3.63) is 35.5 Å². The van der Waals surface area contributed by atoms with E-state index in [1.807, 2.05) is 6.92 Å². The van der Waals surface area contributed by atoms with E-state index in [0.29, 0.717) is 11.8 Å². The molecule has 0 unspecified atom stereocenters. The maximum absolute atomic E-state index is 10.5. The highest BCUT2D eigenvalue weighted by Crippen LogP contribution is 2.58. The monoisotopic (exact) mass is 560 g/mol. The fourth-order valence-corrected chi connectivity index (χ4v) is 9.36. The van der Waals surface area contributed by atoms with Crippen LogP contribution in [0.4, 0.5) is 0 Å². The Hall–Kier alpha value is -0.466. The van der Waals surface area contributed by atoms with E-state index in [4.69, 9.17) is 8.85 Å². The summed E-state index contributed by atoms with van der Waals surface area (Å²) in [5.41, 5.74) is 4.42. The van der Waals surface area contributed by atoms with E-state index in [1.54, 1.807) is 5.57 Å². The quantitative estimate of drug-likeness (QED) is 0.260. The van der Waals surface area contributed by atoms with Crippen molar-refractivity contribution in [1.29, 1.82) is 0 Å². The van der Waals surface area contributed by atoms with E-state index >= 15 is 0 Å². The van der Waals surface area contributed by atoms with Gasteiger partial charge in [0.2, 0.25) is 0 Å². The van der Waals surface area contributed by atoms with Gasteiger partial charge in [0.1, 0.15) is 0 Å². The van der Waals surface area contributed by atoms with Crippen molar-refractivity contribution in [1.82, 2.24) is 0 Å². The van der Waals surface area contributed by atoms with Crippen LogP contribution < -0.4 is 0 Å². The molecule has 0 aliphatic heterocycles. The minimum atomic E-state index is -1.96. The maximum Gasteiger partial charge on any atom is 0.192 e. The number of rotatable bonds is 6. The first-order chi connectivity index (χ1) is 17.2. The Morgan fingerprint density at radius 3 is 1.87 bits per heavy atom. The summed E-state index contributed by atoms with van der Waals surface area (Å²) in [6.07, 6.45) is 12.6. The van der Waals surface area contributed by atoms with Crippen molar-refractivity contribution in [2.45, 2.75) is 155 Å². The summed E-state index contributed by atoms with van der Waals surface area (Å²) in [7, 11) is -3.92. The summed E-state index contributed by atoms with van der Waals surface area (Å²) in [4.78, 5) is 0. The third kappa shape index (κ3) is 6.53. The number of aliphatic hydroxyl groups is 1. The minimum Gasteiger partial charge on any atom is -0.410 e. The molecule has 0 spiro atoms. The van der Waals surface area contributed by atoms with Crippen LogP contribution in [0.15, 0.2) is 35.5 Å². The van der Waals surface area contributed by atoms with Crippen molar-refractivity contribution < 1.29 is 14.0 Å². The first-order valence-electron chi connectivity index (χ1n) is 15.3. The van der Waals surface area contributed by atoms with Crippen LogP contribution in [-0.2, 0) is 8.85 Å². The van der Waals surface area contributed by atoms with E-state index < -0.39 is 16.6 Å². The summed E-state index contributed by atoms with van der Waals surface area (Å²) in [6, 6.07) is 0. The predicted molar refractivity (Wildman–Crippen MR) is 169 cm³/mol. The molecule has 0 saturated heterocycles. The molecule has 3 nitrogen and oxygen atoms in total. The summed E-state index contributed by atoms with van der Waals surface area (Å²) in [5, 5.41) is 10.8. The van der Waals surface area contributed by atoms with Crippen molar-refractivity contribution >= 4 is 16.6 Å². The summed E-state index contributed by atoms with van der Waals surface area (Å²) >= 11 is 0. The van der Waals surface area contributed by atoms with Crippen LogP contribution in [0.2, 0.25) is 36.3 Å². The highest BCUT2D eigenvalue weighted by Gasteiger charge is 2.50. The smallest absolute Gasteiger partial charge is 0.192 e. The fraction of sp³-hybridized carbons (Fsp3) is 0.818. The van der Waals surface area contributed by atoms with Gasteiger partial charge in [-0.2, -0.15) is 0 Å². The van der Waals surface area contributed by atoms with Crippen molar-refractivity contribution in [3.8, 4) is 0 Å². The second kappa shape index (κ2) is 11.1. The van der Waals surface area contributed by atoms with Gasteiger partial charge in [-0.05, 0) is 111 Å². The highest BCUT2D eigenvalue weighted by molar-refractivity contribution is 6.74. The van der Waals surface area contributed by atoms with Crippen LogP contribution in [0.25, 0.3) is 0 Å². The molecule has 3 fully saturated rings. The minimum absolute atomic E-state index is 0.0202. The number of hydrogen-bond donors (Lipinski definition) is 1. The lowest BCUT2D eigenvalue weighted by Gasteiger charge is -2.46. The molecule has 218 valence electrons. The molecule has 3 rings (SSSR count). The van der Waals surface area contributed by atoms with Gasteiger partial charge in [0.25, 0.3) is 0 Å². The molecule has 0 radical (unpaired) electrons. The van der Waals surface area contributed by atoms with Gasteiger partial charge in [-0.1, -0.05) is 78.3 Å². The Kier molecular flexibility index (Phi) is 9.34. The molecule has 0 aromatic rings. The SMILES string of the molecule is C=C1[C@H](O[Si](C)(C)C(C)(C)C)CC(=CC=C2CCC[C@]3(C)[C@@H]([C@H](C)O)CC[C@@H]23)C[C@H]1O[Si](C)(C)C(C)(C)C. The molecule has 0 heterocycles. The largest absolute Gasteiger partial charge is 0.410 e. The lowest BCUT2D eigenvalue weighted by Crippen LogP contribution is -2.49. The number of allylic oxidation sites excluding steroid dienone is 3. The lowest BCUT2D eigenvalue weighted by atomic mass is 9.62. The molecule has 6 atom stereocenters. The van der Waals surface area contributed by atoms with Crippen molar-refractivity contribution in [2.24, 2.45) is 17.3 Å². The normalized spacial score (nSPS) is 33.4. The highest BCUT2D eigenvalue weighted by atomic mass is 28.4. The molecule has 0 bridgehead atoms. The Morgan fingerprint density at radius 2 is 1.42 bits per heavy atom. The van der Waals surface area contributed by atoms with Gasteiger partial charge in [0.15, 0.2) is 16.6 Å². The number of aliphatic hydroxyl groups excluding tert-OH is 1. The van der Waals surface area contributed by atoms with Gasteiger partial charge in [0.05, 0.1) is 18.3 Å². The van der Waals surface area contributed by atoms with Crippen molar-refractivity contribution in [3.63, 3.8) is 0 Å². The van der Waals surface area contributed by atoms with Crippen LogP contribution >= 0.6 is 0 Å². The number of hydrogen-bond acceptors (Lipinski definition) is 3. The first kappa shape index (κ1) is 32.1. The van der Waals surface area contributed by atoms with E-state index in [0.717, 1.165) is 24.8 Å². The Balaban J connectivity index is 1.92. The zero-order chi connectivity index (χ0) is 28.9. The van der Waals surface area contributed by atoms with Gasteiger partial charge in [0, 0.05) is 0 Å². The van der Waals surface area contributed by atoms with Gasteiger partial charge in [-0.25, -0.2) is 0 Å². The van der Waals surface area contributed by atoms with Crippen molar-refractivity contribution in [2.75, 3.05) is 0 Å². The second-order valence-electron chi connectivity index (χ2n) is 16.1. The standard InChI is InChI=1S/C33H60O3Si2/c1-23-29(35-37(10,11)31(3,4)5)21-25(22-30(23)36-38(12,13)32(6,7)8)16-17-26-15-14-20-33(9)27(24(2)34)18-19-28(26)33/h16-17,24,27-30,34H,1,14-15,18-22H2,2-13H3/t24-,27+,28-,29+,30+,33+/m0/s1. The molecular formula is C33H60O3Si2. The zero-order valence-corrected chi connectivity index (χ0v) is 29.0. The molecule has 38 heavy (non-hydrogen) atoms. The molecular weight excluding hydrogens is 501 g/mol. The van der Waals surface area contributed by atoms with E-state index in [2.05, 4.69) is 93.4 Å². The summed E-state index contributed by atoms with van der Waals surface area (Å²) in [6.45, 7) is 32.4. The molecule has 3 aliphatic rings. The zero-order valence-electron chi connectivity index (χ0n) is 27.0. The van der Waals surface area contributed by atoms with E-state index in [1.165, 1.54) is 31.3 Å².